The van der Waals surface area contributed by atoms with Gasteiger partial charge in [-0.2, -0.15) is 29.9 Å². The van der Waals surface area contributed by atoms with Gasteiger partial charge in [0.25, 0.3) is 33.4 Å². The Bertz CT molecular complexity index is 6230. The average molecular weight is 1870 g/mol. The molecule has 67 heteroatoms. The molecule has 0 bridgehead atoms. The second-order valence-electron chi connectivity index (χ2n) is 28.0. The van der Waals surface area contributed by atoms with Crippen molar-refractivity contribution in [2.45, 2.75) is 149 Å². The molecule has 15 heterocycles. The largest absolute Gasteiger partial charge is 0.472 e. The topological polar surface area (TPSA) is 873 Å². The molecule has 0 amide bonds. The number of H-pyrrole nitrogens is 3. The minimum absolute atomic E-state index is 0.0474. The summed E-state index contributed by atoms with van der Waals surface area (Å²) in [4.78, 5) is 194. The summed E-state index contributed by atoms with van der Waals surface area (Å²) in [5, 5.41) is 10.3. The predicted molar refractivity (Wildman–Crippen MR) is 405 cm³/mol. The monoisotopic (exact) mass is 1870 g/mol. The van der Waals surface area contributed by atoms with E-state index in [1.165, 1.54) is 15.5 Å². The molecule has 0 spiro atoms. The molecule has 0 aliphatic carbocycles. The van der Waals surface area contributed by atoms with Crippen LogP contribution in [-0.4, -0.2) is 239 Å². The van der Waals surface area contributed by atoms with Crippen LogP contribution in [0.2, 0.25) is 0 Å². The molecule has 15 rings (SSSR count). The molecule has 5 unspecified atom stereocenters. The van der Waals surface area contributed by atoms with Crippen LogP contribution >= 0.6 is 46.9 Å². The van der Waals surface area contributed by atoms with Crippen LogP contribution in [-0.2, 0) is 106 Å². The van der Waals surface area contributed by atoms with Gasteiger partial charge in [0.15, 0.2) is 33.5 Å². The Morgan fingerprint density at radius 1 is 0.347 bits per heavy atom. The lowest BCUT2D eigenvalue weighted by atomic mass is 10.2. The van der Waals surface area contributed by atoms with Crippen molar-refractivity contribution in [3.63, 3.8) is 0 Å². The minimum atomic E-state index is -5.67. The molecule has 6 aliphatic rings. The molecular formula is C57H74N24O37P6. The predicted octanol–water partition coefficient (Wildman–Crippen LogP) is -3.64. The van der Waals surface area contributed by atoms with Crippen LogP contribution in [0.3, 0.4) is 0 Å². The van der Waals surface area contributed by atoms with Crippen LogP contribution in [0.5, 0.6) is 0 Å². The van der Waals surface area contributed by atoms with Gasteiger partial charge in [0, 0.05) is 75.3 Å². The summed E-state index contributed by atoms with van der Waals surface area (Å²) in [6.45, 7) is -6.22. The first-order valence-corrected chi connectivity index (χ1v) is 45.3. The van der Waals surface area contributed by atoms with Crippen molar-refractivity contribution in [3.8, 4) is 0 Å². The average Bonchev–Trinajstić information content (AvgIpc) is 1.63. The number of nitrogens with zero attached hydrogens (tertiary/aromatic N) is 15. The summed E-state index contributed by atoms with van der Waals surface area (Å²) >= 11 is 0. The molecule has 6 fully saturated rings. The Kier molecular flexibility index (Phi) is 25.5. The van der Waals surface area contributed by atoms with Gasteiger partial charge in [-0.25, -0.2) is 42.3 Å². The van der Waals surface area contributed by atoms with Crippen molar-refractivity contribution in [3.05, 3.63) is 118 Å². The number of rotatable bonds is 34. The van der Waals surface area contributed by atoms with E-state index in [-0.39, 0.29) is 51.8 Å². The first-order valence-electron chi connectivity index (χ1n) is 36.2. The number of imidazole rings is 3. The number of aliphatic hydroxyl groups excluding tert-OH is 1. The van der Waals surface area contributed by atoms with Gasteiger partial charge in [0.2, 0.25) is 35.7 Å². The number of aromatic nitrogens is 18. The van der Waals surface area contributed by atoms with Gasteiger partial charge < -0.3 is 102 Å². The third kappa shape index (κ3) is 20.4. The lowest BCUT2D eigenvalue weighted by Crippen LogP contribution is -2.32. The maximum atomic E-state index is 14.5. The fraction of sp³-hybridized carbons (Fsp3) is 0.526. The summed E-state index contributed by atoms with van der Waals surface area (Å²) < 4.78 is 186. The number of anilines is 6. The number of nitrogens with one attached hydrogen (secondary N) is 3. The third-order valence-corrected chi connectivity index (χ3v) is 25.3. The van der Waals surface area contributed by atoms with Gasteiger partial charge in [-0.15, -0.1) is 0 Å². The van der Waals surface area contributed by atoms with Crippen molar-refractivity contribution >= 4 is 116 Å². The van der Waals surface area contributed by atoms with Gasteiger partial charge in [-0.1, -0.05) is 0 Å². The van der Waals surface area contributed by atoms with Gasteiger partial charge in [0.1, 0.15) is 111 Å². The van der Waals surface area contributed by atoms with E-state index < -0.39 is 286 Å². The van der Waals surface area contributed by atoms with E-state index in [2.05, 4.69) is 59.8 Å². The number of nitrogen functional groups attached to an aromatic ring is 6. The Morgan fingerprint density at radius 3 is 0.806 bits per heavy atom. The highest BCUT2D eigenvalue weighted by Crippen LogP contribution is 2.57. The molecule has 6 aliphatic heterocycles. The molecule has 124 heavy (non-hydrogen) atoms. The number of hydrogen-bond donors (Lipinski definition) is 17. The molecule has 9 aromatic rings. The molecule has 674 valence electrons. The van der Waals surface area contributed by atoms with Crippen molar-refractivity contribution in [1.82, 2.24) is 87.2 Å². The molecular weight excluding hydrogens is 1800 g/mol. The lowest BCUT2D eigenvalue weighted by molar-refractivity contribution is -0.0641. The number of aliphatic hydroxyl groups is 1. The normalized spacial score (nSPS) is 29.2. The number of hydrogen-bond acceptors (Lipinski definition) is 45. The third-order valence-electron chi connectivity index (χ3n) is 19.7. The standard InChI is InChI=1S/C57H74N24O37P6/c58-52-70-46-43(49(86)73-52)64-19-79(46)40-7-22(28(13-82)107-40)114-120(92,93)103-17-32-26(11-41(111-32)80-20-65-44-47(80)71-53(59)74-50(44)87)118-124(100,101)106-18-33-27(12-42(112-33)81-21-66-45-48(81)72-54(60)75-51(45)88)117-123(98,99)105-16-31-25(10-39(110-31)78-6-3-36(85)69-57(78)63)116-122(96,97)104-15-30-24(9-38(109-30)77-5-2-35(84)68-56(77)62)115-121(94,95)102-14-29-23(113-119(89,90)91)8-37(108-29)76-4-1-34(83)67-55(76)61/h1-6,19-33,37-42,82H,7-18H2,(H,92,93)(H,94,95)(H,96,97)(H,98,99)(H,100,101)(H2,61,67,83)(H2,62,68,84)(H2,63,69,85)(H2,89,90,91)(H3,58,70,73,86)(H3,59,71,74,87)(H3,60,72,75,88)/t22-,23-,24-,25-,26-,27-,28+,29+,30+,31+,32+,33+,37+,38+,39+,40+,41+,42+/m0/s1. The zero-order chi connectivity index (χ0) is 88.6. The molecule has 0 saturated carbocycles. The molecule has 9 aromatic heterocycles. The van der Waals surface area contributed by atoms with Gasteiger partial charge in [0.05, 0.1) is 58.6 Å². The summed E-state index contributed by atoms with van der Waals surface area (Å²) in [7, 11) is -33.0. The van der Waals surface area contributed by atoms with Crippen LogP contribution in [0, 0.1) is 0 Å². The SMILES string of the molecule is Nc1nc2c(ncn2[C@H]2C[C@H](OP(=O)(O)OC[C@H]3O[C@@H](n4cnc5c(=O)[nH]c(N)nc54)C[C@@H]3OP(=O)(O)OC[C@H]3O[C@@H](n4cnc5c(=O)[nH]c(N)nc54)C[C@@H]3OP(=O)(O)OC[C@H]3O[C@@H](n4ccc(=O)nc4N)C[C@@H]3OP(=O)(O)OC[C@H]3O[C@@H](n4ccc(=O)nc4N)C[C@@H]3OP(=O)(O)OC[C@H]3O[C@@H](n4ccc(=O)nc4N)C[C@@H]3OP(=O)(O)O)[C@@H](CO)O2)c(=O)[nH]1. The number of fused-ring (bicyclic) bond motifs is 3. The number of nitrogens with two attached hydrogens (primary N) is 6. The van der Waals surface area contributed by atoms with E-state index in [0.29, 0.717) is 0 Å². The zero-order valence-corrected chi connectivity index (χ0v) is 68.2. The number of phosphoric ester groups is 6. The van der Waals surface area contributed by atoms with Crippen LogP contribution in [0.15, 0.2) is 84.5 Å². The van der Waals surface area contributed by atoms with Crippen molar-refractivity contribution < 1.29 is 145 Å². The van der Waals surface area contributed by atoms with Crippen LogP contribution in [0.4, 0.5) is 35.7 Å². The number of ether oxygens (including phenoxy) is 6. The van der Waals surface area contributed by atoms with Gasteiger partial charge in [-0.3, -0.25) is 121 Å². The number of phosphoric acid groups is 6. The van der Waals surface area contributed by atoms with Crippen molar-refractivity contribution in [2.75, 3.05) is 74.0 Å². The highest BCUT2D eigenvalue weighted by Gasteiger charge is 2.52. The fourth-order valence-electron chi connectivity index (χ4n) is 14.3. The summed E-state index contributed by atoms with van der Waals surface area (Å²) in [5.41, 5.74) is 29.7. The second-order valence-corrected chi connectivity index (χ2v) is 36.2. The highest BCUT2D eigenvalue weighted by atomic mass is 31.2. The summed E-state index contributed by atoms with van der Waals surface area (Å²) in [6.07, 6.45) is -24.2. The highest BCUT2D eigenvalue weighted by molar-refractivity contribution is 7.48. The van der Waals surface area contributed by atoms with E-state index in [1.807, 2.05) is 0 Å². The summed E-state index contributed by atoms with van der Waals surface area (Å²) in [6, 6.07) is 2.90. The Labute approximate surface area is 686 Å². The molecule has 0 aromatic carbocycles. The first-order chi connectivity index (χ1) is 58.5. The van der Waals surface area contributed by atoms with E-state index >= 15 is 0 Å². The smallest absolute Gasteiger partial charge is 0.394 e. The van der Waals surface area contributed by atoms with Crippen LogP contribution < -0.4 is 67.8 Å². The Balaban J connectivity index is 0.637. The maximum absolute atomic E-state index is 14.5. The quantitative estimate of drug-likeness (QED) is 0.0173. The Hall–Kier alpha value is -9.13. The van der Waals surface area contributed by atoms with Crippen LogP contribution in [0.25, 0.3) is 33.5 Å². The zero-order valence-electron chi connectivity index (χ0n) is 62.8. The summed E-state index contributed by atoms with van der Waals surface area (Å²) in [5.74, 6) is -2.42. The fourth-order valence-corrected chi connectivity index (χ4v) is 19.7. The van der Waals surface area contributed by atoms with Gasteiger partial charge >= 0.3 is 46.9 Å². The molecule has 23 N–H and O–H groups in total. The van der Waals surface area contributed by atoms with E-state index in [0.717, 1.165) is 67.7 Å². The van der Waals surface area contributed by atoms with Crippen LogP contribution in [0.1, 0.15) is 75.9 Å². The van der Waals surface area contributed by atoms with E-state index in [1.54, 1.807) is 0 Å². The molecule has 0 radical (unpaired) electrons. The molecule has 23 atom stereocenters. The Morgan fingerprint density at radius 2 is 0.573 bits per heavy atom. The lowest BCUT2D eigenvalue weighted by Gasteiger charge is -2.26. The first kappa shape index (κ1) is 89.7. The maximum Gasteiger partial charge on any atom is 0.472 e. The molecule has 6 saturated heterocycles. The van der Waals surface area contributed by atoms with Crippen molar-refractivity contribution in [2.24, 2.45) is 0 Å². The number of aromatic amines is 3. The minimum Gasteiger partial charge on any atom is -0.394 e. The van der Waals surface area contributed by atoms with E-state index in [9.17, 15) is 95.5 Å². The van der Waals surface area contributed by atoms with Gasteiger partial charge in [-0.05, 0) is 0 Å². The second kappa shape index (κ2) is 35.2. The molecule has 61 nitrogen and oxygen atoms in total. The van der Waals surface area contributed by atoms with Crippen molar-refractivity contribution in [1.29, 1.82) is 0 Å². The van der Waals surface area contributed by atoms with E-state index in [4.69, 9.17) is 113 Å².